The van der Waals surface area contributed by atoms with Crippen LogP contribution in [0.2, 0.25) is 10.0 Å². The lowest BCUT2D eigenvalue weighted by Crippen LogP contribution is -1.83. The average Bonchev–Trinajstić information content (AvgIpc) is 2.70. The maximum absolute atomic E-state index is 11.1. The van der Waals surface area contributed by atoms with Gasteiger partial charge in [-0.1, -0.05) is 23.2 Å². The Morgan fingerprint density at radius 2 is 1.94 bits per heavy atom. The molecule has 0 fully saturated rings. The molecule has 0 radical (unpaired) electrons. The Labute approximate surface area is 116 Å². The predicted octanol–water partition coefficient (Wildman–Crippen LogP) is 4.04. The summed E-state index contributed by atoms with van der Waals surface area (Å²) in [6, 6.07) is 4.88. The lowest BCUT2D eigenvalue weighted by atomic mass is 10.2. The molecule has 3 nitrogen and oxygen atoms in total. The largest absolute Gasteiger partial charge is 0.272 e. The Bertz CT molecular complexity index is 667. The quantitative estimate of drug-likeness (QED) is 0.782. The topological polar surface area (TPSA) is 47.0 Å². The first-order chi connectivity index (χ1) is 7.88. The van der Waals surface area contributed by atoms with E-state index in [1.165, 1.54) is 6.20 Å². The van der Waals surface area contributed by atoms with Crippen LogP contribution in [0.1, 0.15) is 0 Å². The molecule has 8 heteroatoms. The fourth-order valence-electron chi connectivity index (χ4n) is 1.16. The van der Waals surface area contributed by atoms with Gasteiger partial charge in [0.1, 0.15) is 5.01 Å². The molecule has 2 rings (SSSR count). The van der Waals surface area contributed by atoms with E-state index in [1.54, 1.807) is 18.2 Å². The van der Waals surface area contributed by atoms with Crippen molar-refractivity contribution in [3.63, 3.8) is 0 Å². The van der Waals surface area contributed by atoms with Gasteiger partial charge in [-0.3, -0.25) is 0 Å². The standard InChI is InChI=1S/C9H4Cl3NO2S2/c10-5-1-2-7(11)6(3-5)9-13-4-8(16-9)17(12,14)15/h1-4H. The molecule has 0 amide bonds. The van der Waals surface area contributed by atoms with E-state index in [0.717, 1.165) is 11.3 Å². The second-order valence-corrected chi connectivity index (χ2v) is 7.71. The molecule has 1 heterocycles. The molecule has 1 aromatic carbocycles. The molecule has 0 bridgehead atoms. The SMILES string of the molecule is O=S(=O)(Cl)c1cnc(-c2cc(Cl)ccc2Cl)s1. The van der Waals surface area contributed by atoms with Crippen LogP contribution in [0, 0.1) is 0 Å². The minimum atomic E-state index is -3.76. The maximum Gasteiger partial charge on any atom is 0.272 e. The van der Waals surface area contributed by atoms with E-state index in [2.05, 4.69) is 4.98 Å². The van der Waals surface area contributed by atoms with Crippen LogP contribution in [0.25, 0.3) is 10.6 Å². The number of aromatic nitrogens is 1. The molecule has 0 spiro atoms. The number of thiazole rings is 1. The van der Waals surface area contributed by atoms with Gasteiger partial charge in [0.2, 0.25) is 0 Å². The third-order valence-electron chi connectivity index (χ3n) is 1.88. The first-order valence-electron chi connectivity index (χ1n) is 4.24. The van der Waals surface area contributed by atoms with Crippen molar-refractivity contribution in [2.75, 3.05) is 0 Å². The van der Waals surface area contributed by atoms with Crippen molar-refractivity contribution >= 4 is 54.3 Å². The Hall–Kier alpha value is -0.330. The lowest BCUT2D eigenvalue weighted by molar-refractivity contribution is 0.611. The van der Waals surface area contributed by atoms with E-state index in [0.29, 0.717) is 20.6 Å². The smallest absolute Gasteiger partial charge is 0.243 e. The zero-order chi connectivity index (χ0) is 12.6. The first-order valence-corrected chi connectivity index (χ1v) is 8.12. The maximum atomic E-state index is 11.1. The molecule has 0 saturated carbocycles. The number of hydrogen-bond donors (Lipinski definition) is 0. The lowest BCUT2D eigenvalue weighted by Gasteiger charge is -2.00. The van der Waals surface area contributed by atoms with Gasteiger partial charge in [-0.2, -0.15) is 0 Å². The highest BCUT2D eigenvalue weighted by molar-refractivity contribution is 8.15. The Morgan fingerprint density at radius 3 is 2.53 bits per heavy atom. The van der Waals surface area contributed by atoms with Crippen molar-refractivity contribution < 1.29 is 8.42 Å². The summed E-state index contributed by atoms with van der Waals surface area (Å²) in [6.45, 7) is 0. The minimum Gasteiger partial charge on any atom is -0.243 e. The molecule has 90 valence electrons. The second-order valence-electron chi connectivity index (χ2n) is 3.05. The van der Waals surface area contributed by atoms with E-state index in [1.807, 2.05) is 0 Å². The molecule has 0 atom stereocenters. The number of rotatable bonds is 2. The molecule has 0 aliphatic carbocycles. The minimum absolute atomic E-state index is 0.0230. The van der Waals surface area contributed by atoms with Crippen molar-refractivity contribution in [2.45, 2.75) is 4.21 Å². The van der Waals surface area contributed by atoms with Crippen molar-refractivity contribution in [3.05, 3.63) is 34.4 Å². The first kappa shape index (κ1) is 13.1. The summed E-state index contributed by atoms with van der Waals surface area (Å²) in [7, 11) is 1.45. The van der Waals surface area contributed by atoms with Gasteiger partial charge in [-0.25, -0.2) is 13.4 Å². The van der Waals surface area contributed by atoms with Crippen LogP contribution in [0.15, 0.2) is 28.6 Å². The highest BCUT2D eigenvalue weighted by Gasteiger charge is 2.16. The highest BCUT2D eigenvalue weighted by atomic mass is 35.7. The van der Waals surface area contributed by atoms with Gasteiger partial charge in [0, 0.05) is 21.3 Å². The van der Waals surface area contributed by atoms with Crippen molar-refractivity contribution in [1.82, 2.24) is 4.98 Å². The Balaban J connectivity index is 2.55. The van der Waals surface area contributed by atoms with Crippen molar-refractivity contribution in [1.29, 1.82) is 0 Å². The molecule has 0 N–H and O–H groups in total. The molecule has 0 saturated heterocycles. The van der Waals surface area contributed by atoms with E-state index < -0.39 is 9.05 Å². The Morgan fingerprint density at radius 1 is 1.24 bits per heavy atom. The van der Waals surface area contributed by atoms with Gasteiger partial charge in [0.15, 0.2) is 4.21 Å². The summed E-state index contributed by atoms with van der Waals surface area (Å²) < 4.78 is 22.2. The fraction of sp³-hybridized carbons (Fsp3) is 0. The van der Waals surface area contributed by atoms with Gasteiger partial charge < -0.3 is 0 Å². The zero-order valence-electron chi connectivity index (χ0n) is 8.02. The van der Waals surface area contributed by atoms with Gasteiger partial charge in [0.05, 0.1) is 11.2 Å². The predicted molar refractivity (Wildman–Crippen MR) is 70.6 cm³/mol. The second kappa shape index (κ2) is 4.74. The molecule has 17 heavy (non-hydrogen) atoms. The normalized spacial score (nSPS) is 11.7. The van der Waals surface area contributed by atoms with Crippen LogP contribution >= 0.6 is 45.2 Å². The van der Waals surface area contributed by atoms with E-state index >= 15 is 0 Å². The van der Waals surface area contributed by atoms with Crippen LogP contribution in [0.5, 0.6) is 0 Å². The molecular weight excluding hydrogens is 325 g/mol. The number of nitrogens with zero attached hydrogens (tertiary/aromatic N) is 1. The molecule has 0 unspecified atom stereocenters. The highest BCUT2D eigenvalue weighted by Crippen LogP contribution is 2.35. The van der Waals surface area contributed by atoms with Gasteiger partial charge in [-0.05, 0) is 18.2 Å². The fourth-order valence-corrected chi connectivity index (χ4v) is 3.49. The summed E-state index contributed by atoms with van der Waals surface area (Å²) in [5.74, 6) is 0. The summed E-state index contributed by atoms with van der Waals surface area (Å²) in [5, 5.41) is 1.40. The van der Waals surface area contributed by atoms with Crippen LogP contribution in [-0.2, 0) is 9.05 Å². The third-order valence-corrected chi connectivity index (χ3v) is 5.54. The molecule has 2 aromatic rings. The van der Waals surface area contributed by atoms with E-state index in [-0.39, 0.29) is 4.21 Å². The molecule has 1 aromatic heterocycles. The zero-order valence-corrected chi connectivity index (χ0v) is 11.9. The van der Waals surface area contributed by atoms with E-state index in [4.69, 9.17) is 33.9 Å². The molecular formula is C9H4Cl3NO2S2. The van der Waals surface area contributed by atoms with Crippen molar-refractivity contribution in [3.8, 4) is 10.6 Å². The van der Waals surface area contributed by atoms with Gasteiger partial charge >= 0.3 is 0 Å². The van der Waals surface area contributed by atoms with Crippen LogP contribution in [0.4, 0.5) is 0 Å². The summed E-state index contributed by atoms with van der Waals surface area (Å²) >= 11 is 12.8. The van der Waals surface area contributed by atoms with E-state index in [9.17, 15) is 8.42 Å². The monoisotopic (exact) mass is 327 g/mol. The number of halogens is 3. The molecule has 0 aliphatic heterocycles. The van der Waals surface area contributed by atoms with Crippen LogP contribution in [-0.4, -0.2) is 13.4 Å². The van der Waals surface area contributed by atoms with Crippen LogP contribution in [0.3, 0.4) is 0 Å². The summed E-state index contributed by atoms with van der Waals surface area (Å²) in [6.07, 6.45) is 1.19. The van der Waals surface area contributed by atoms with Gasteiger partial charge in [0.25, 0.3) is 9.05 Å². The molecule has 0 aliphatic rings. The number of hydrogen-bond acceptors (Lipinski definition) is 4. The average molecular weight is 329 g/mol. The third kappa shape index (κ3) is 2.92. The summed E-state index contributed by atoms with van der Waals surface area (Å²) in [5.41, 5.74) is 0.579. The Kier molecular flexibility index (Phi) is 3.66. The summed E-state index contributed by atoms with van der Waals surface area (Å²) in [4.78, 5) is 3.97. The van der Waals surface area contributed by atoms with Crippen LogP contribution < -0.4 is 0 Å². The van der Waals surface area contributed by atoms with Gasteiger partial charge in [-0.15, -0.1) is 11.3 Å². The van der Waals surface area contributed by atoms with Crippen molar-refractivity contribution in [2.24, 2.45) is 0 Å². The number of benzene rings is 1.